The summed E-state index contributed by atoms with van der Waals surface area (Å²) in [7, 11) is 2.10. The Labute approximate surface area is 112 Å². The number of anilines is 1. The van der Waals surface area contributed by atoms with Crippen molar-refractivity contribution in [3.63, 3.8) is 0 Å². The van der Waals surface area contributed by atoms with Gasteiger partial charge in [-0.25, -0.2) is 4.98 Å². The van der Waals surface area contributed by atoms with Crippen LogP contribution in [-0.2, 0) is 6.54 Å². The first-order valence-electron chi connectivity index (χ1n) is 6.93. The Morgan fingerprint density at radius 2 is 2.00 bits per heavy atom. The highest BCUT2D eigenvalue weighted by Gasteiger charge is 2.08. The van der Waals surface area contributed by atoms with Crippen molar-refractivity contribution in [1.29, 1.82) is 0 Å². The number of nitrogens with zero attached hydrogens (tertiary/aromatic N) is 2. The minimum absolute atomic E-state index is 0.530. The van der Waals surface area contributed by atoms with Crippen molar-refractivity contribution >= 4 is 5.82 Å². The number of hydrogen-bond donors (Lipinski definition) is 1. The maximum absolute atomic E-state index is 4.53. The Kier molecular flexibility index (Phi) is 6.13. The van der Waals surface area contributed by atoms with Crippen molar-refractivity contribution in [3.8, 4) is 0 Å². The molecule has 1 N–H and O–H groups in total. The van der Waals surface area contributed by atoms with Crippen LogP contribution >= 0.6 is 0 Å². The van der Waals surface area contributed by atoms with Crippen LogP contribution in [-0.4, -0.2) is 24.6 Å². The van der Waals surface area contributed by atoms with Gasteiger partial charge in [0.2, 0.25) is 0 Å². The van der Waals surface area contributed by atoms with Crippen LogP contribution in [0, 0.1) is 5.92 Å². The molecule has 0 radical (unpaired) electrons. The normalized spacial score (nSPS) is 12.8. The van der Waals surface area contributed by atoms with E-state index in [2.05, 4.69) is 62.1 Å². The van der Waals surface area contributed by atoms with E-state index in [1.54, 1.807) is 0 Å². The maximum atomic E-state index is 4.53. The molecular formula is C15H27N3. The monoisotopic (exact) mass is 249 g/mol. The van der Waals surface area contributed by atoms with E-state index < -0.39 is 0 Å². The van der Waals surface area contributed by atoms with Crippen molar-refractivity contribution in [3.05, 3.63) is 23.9 Å². The first kappa shape index (κ1) is 15.0. The molecule has 0 aliphatic heterocycles. The summed E-state index contributed by atoms with van der Waals surface area (Å²) in [5, 5.41) is 3.43. The lowest BCUT2D eigenvalue weighted by atomic mass is 10.2. The minimum Gasteiger partial charge on any atom is -0.357 e. The SMILES string of the molecule is CCC(C)N(C)c1ccc(CNCC(C)C)cn1. The summed E-state index contributed by atoms with van der Waals surface area (Å²) in [6, 6.07) is 4.80. The molecule has 102 valence electrons. The highest BCUT2D eigenvalue weighted by molar-refractivity contribution is 5.39. The van der Waals surface area contributed by atoms with Crippen molar-refractivity contribution in [1.82, 2.24) is 10.3 Å². The van der Waals surface area contributed by atoms with Crippen LogP contribution in [0.3, 0.4) is 0 Å². The predicted octanol–water partition coefficient (Wildman–Crippen LogP) is 3.06. The zero-order chi connectivity index (χ0) is 13.5. The van der Waals surface area contributed by atoms with Crippen LogP contribution in [0.15, 0.2) is 18.3 Å². The molecule has 0 fully saturated rings. The van der Waals surface area contributed by atoms with E-state index >= 15 is 0 Å². The fourth-order valence-corrected chi connectivity index (χ4v) is 1.73. The standard InChI is InChI=1S/C15H27N3/c1-6-13(4)18(5)15-8-7-14(11-17-15)10-16-9-12(2)3/h7-8,11-13,16H,6,9-10H2,1-5H3. The summed E-state index contributed by atoms with van der Waals surface area (Å²) in [4.78, 5) is 6.76. The van der Waals surface area contributed by atoms with E-state index in [0.29, 0.717) is 12.0 Å². The summed E-state index contributed by atoms with van der Waals surface area (Å²) in [5.41, 5.74) is 1.25. The zero-order valence-electron chi connectivity index (χ0n) is 12.4. The smallest absolute Gasteiger partial charge is 0.128 e. The Morgan fingerprint density at radius 1 is 1.28 bits per heavy atom. The van der Waals surface area contributed by atoms with Gasteiger partial charge < -0.3 is 10.2 Å². The fraction of sp³-hybridized carbons (Fsp3) is 0.667. The molecule has 1 atom stereocenters. The Morgan fingerprint density at radius 3 is 2.50 bits per heavy atom. The summed E-state index contributed by atoms with van der Waals surface area (Å²) < 4.78 is 0. The van der Waals surface area contributed by atoms with Crippen molar-refractivity contribution in [2.75, 3.05) is 18.5 Å². The topological polar surface area (TPSA) is 28.2 Å². The third kappa shape index (κ3) is 4.65. The van der Waals surface area contributed by atoms with Gasteiger partial charge in [0.05, 0.1) is 0 Å². The number of nitrogens with one attached hydrogen (secondary N) is 1. The molecule has 18 heavy (non-hydrogen) atoms. The molecule has 0 bridgehead atoms. The van der Waals surface area contributed by atoms with Gasteiger partial charge in [0.25, 0.3) is 0 Å². The minimum atomic E-state index is 0.530. The number of pyridine rings is 1. The summed E-state index contributed by atoms with van der Waals surface area (Å²) in [6.45, 7) is 10.8. The molecule has 0 aliphatic rings. The maximum Gasteiger partial charge on any atom is 0.128 e. The molecule has 0 amide bonds. The van der Waals surface area contributed by atoms with Gasteiger partial charge in [0.1, 0.15) is 5.82 Å². The van der Waals surface area contributed by atoms with Crippen LogP contribution in [0.1, 0.15) is 39.7 Å². The first-order valence-corrected chi connectivity index (χ1v) is 6.93. The van der Waals surface area contributed by atoms with Crippen LogP contribution in [0.4, 0.5) is 5.82 Å². The van der Waals surface area contributed by atoms with Gasteiger partial charge >= 0.3 is 0 Å². The molecule has 1 heterocycles. The second kappa shape index (κ2) is 7.37. The fourth-order valence-electron chi connectivity index (χ4n) is 1.73. The summed E-state index contributed by atoms with van der Waals surface area (Å²) >= 11 is 0. The van der Waals surface area contributed by atoms with Crippen LogP contribution < -0.4 is 10.2 Å². The van der Waals surface area contributed by atoms with Gasteiger partial charge in [-0.1, -0.05) is 26.8 Å². The van der Waals surface area contributed by atoms with E-state index in [1.807, 2.05) is 6.20 Å². The van der Waals surface area contributed by atoms with Gasteiger partial charge in [0.15, 0.2) is 0 Å². The average molecular weight is 249 g/mol. The Bertz CT molecular complexity index is 332. The molecule has 0 saturated carbocycles. The van der Waals surface area contributed by atoms with E-state index in [4.69, 9.17) is 0 Å². The lowest BCUT2D eigenvalue weighted by molar-refractivity contribution is 0.552. The van der Waals surface area contributed by atoms with Crippen LogP contribution in [0.5, 0.6) is 0 Å². The molecule has 0 spiro atoms. The summed E-state index contributed by atoms with van der Waals surface area (Å²) in [6.07, 6.45) is 3.11. The molecular weight excluding hydrogens is 222 g/mol. The Hall–Kier alpha value is -1.09. The van der Waals surface area contributed by atoms with Crippen molar-refractivity contribution in [2.45, 2.75) is 46.7 Å². The summed E-state index contributed by atoms with van der Waals surface area (Å²) in [5.74, 6) is 1.74. The average Bonchev–Trinajstić information content (AvgIpc) is 2.37. The van der Waals surface area contributed by atoms with Gasteiger partial charge in [-0.2, -0.15) is 0 Å². The largest absolute Gasteiger partial charge is 0.357 e. The van der Waals surface area contributed by atoms with Gasteiger partial charge in [-0.15, -0.1) is 0 Å². The lowest BCUT2D eigenvalue weighted by Crippen LogP contribution is -2.28. The van der Waals surface area contributed by atoms with Crippen LogP contribution in [0.2, 0.25) is 0 Å². The van der Waals surface area contributed by atoms with E-state index in [1.165, 1.54) is 5.56 Å². The molecule has 1 unspecified atom stereocenters. The molecule has 1 rings (SSSR count). The third-order valence-corrected chi connectivity index (χ3v) is 3.30. The molecule has 1 aromatic heterocycles. The second-order valence-corrected chi connectivity index (χ2v) is 5.42. The number of aromatic nitrogens is 1. The predicted molar refractivity (Wildman–Crippen MR) is 78.9 cm³/mol. The number of hydrogen-bond acceptors (Lipinski definition) is 3. The second-order valence-electron chi connectivity index (χ2n) is 5.42. The molecule has 1 aromatic rings. The van der Waals surface area contributed by atoms with E-state index in [0.717, 1.165) is 25.3 Å². The molecule has 3 nitrogen and oxygen atoms in total. The van der Waals surface area contributed by atoms with Crippen molar-refractivity contribution < 1.29 is 0 Å². The van der Waals surface area contributed by atoms with Crippen molar-refractivity contribution in [2.24, 2.45) is 5.92 Å². The molecule has 0 aliphatic carbocycles. The number of rotatable bonds is 7. The molecule has 0 saturated heterocycles. The van der Waals surface area contributed by atoms with E-state index in [-0.39, 0.29) is 0 Å². The van der Waals surface area contributed by atoms with Gasteiger partial charge in [-0.05, 0) is 37.4 Å². The van der Waals surface area contributed by atoms with Crippen LogP contribution in [0.25, 0.3) is 0 Å². The highest BCUT2D eigenvalue weighted by atomic mass is 15.2. The molecule has 0 aromatic carbocycles. The highest BCUT2D eigenvalue weighted by Crippen LogP contribution is 2.13. The quantitative estimate of drug-likeness (QED) is 0.805. The molecule has 3 heteroatoms. The van der Waals surface area contributed by atoms with Gasteiger partial charge in [-0.3, -0.25) is 0 Å². The Balaban J connectivity index is 2.52. The van der Waals surface area contributed by atoms with E-state index in [9.17, 15) is 0 Å². The third-order valence-electron chi connectivity index (χ3n) is 3.30. The lowest BCUT2D eigenvalue weighted by Gasteiger charge is -2.24. The zero-order valence-corrected chi connectivity index (χ0v) is 12.4. The van der Waals surface area contributed by atoms with Gasteiger partial charge in [0, 0.05) is 25.8 Å². The first-order chi connectivity index (χ1) is 8.54.